The van der Waals surface area contributed by atoms with E-state index in [4.69, 9.17) is 4.74 Å². The van der Waals surface area contributed by atoms with Crippen LogP contribution in [0.2, 0.25) is 0 Å². The molecule has 0 aromatic rings. The van der Waals surface area contributed by atoms with Crippen LogP contribution < -0.4 is 0 Å². The molecule has 4 heteroatoms. The third-order valence-corrected chi connectivity index (χ3v) is 3.57. The normalized spacial score (nSPS) is 21.8. The zero-order valence-electron chi connectivity index (χ0n) is 13.0. The van der Waals surface area contributed by atoms with Crippen LogP contribution in [-0.2, 0) is 4.74 Å². The number of aliphatic hydroxyl groups excluding tert-OH is 1. The van der Waals surface area contributed by atoms with Crippen LogP contribution in [0, 0.1) is 5.92 Å². The Kier molecular flexibility index (Phi) is 5.65. The molecule has 0 spiro atoms. The van der Waals surface area contributed by atoms with Crippen molar-refractivity contribution in [3.05, 3.63) is 0 Å². The van der Waals surface area contributed by atoms with Crippen LogP contribution in [0.4, 0.5) is 4.79 Å². The summed E-state index contributed by atoms with van der Waals surface area (Å²) in [4.78, 5) is 13.9. The minimum Gasteiger partial charge on any atom is -0.444 e. The molecule has 112 valence electrons. The monoisotopic (exact) mass is 271 g/mol. The standard InChI is InChI=1S/C15H29NO3/c1-11(2)13(17)9-8-12-7-6-10-16(12)14(18)19-15(3,4)5/h11-13,17H,6-10H2,1-5H3/t12-,13+/m0/s1. The van der Waals surface area contributed by atoms with E-state index in [2.05, 4.69) is 0 Å². The summed E-state index contributed by atoms with van der Waals surface area (Å²) in [7, 11) is 0. The number of nitrogens with zero attached hydrogens (tertiary/aromatic N) is 1. The minimum atomic E-state index is -0.443. The highest BCUT2D eigenvalue weighted by atomic mass is 16.6. The Labute approximate surface area is 117 Å². The molecule has 1 N–H and O–H groups in total. The molecule has 0 aliphatic carbocycles. The van der Waals surface area contributed by atoms with Crippen molar-refractivity contribution in [1.82, 2.24) is 4.90 Å². The number of likely N-dealkylation sites (tertiary alicyclic amines) is 1. The van der Waals surface area contributed by atoms with Gasteiger partial charge in [0.25, 0.3) is 0 Å². The Morgan fingerprint density at radius 2 is 2.05 bits per heavy atom. The topological polar surface area (TPSA) is 49.8 Å². The summed E-state index contributed by atoms with van der Waals surface area (Å²) in [5.74, 6) is 0.274. The number of hydrogen-bond donors (Lipinski definition) is 1. The van der Waals surface area contributed by atoms with E-state index >= 15 is 0 Å². The van der Waals surface area contributed by atoms with Crippen LogP contribution in [0.25, 0.3) is 0 Å². The summed E-state index contributed by atoms with van der Waals surface area (Å²) in [6, 6.07) is 0.225. The minimum absolute atomic E-state index is 0.214. The third kappa shape index (κ3) is 5.39. The fraction of sp³-hybridized carbons (Fsp3) is 0.933. The lowest BCUT2D eigenvalue weighted by molar-refractivity contribution is 0.0200. The molecular formula is C15H29NO3. The van der Waals surface area contributed by atoms with Crippen molar-refractivity contribution in [3.63, 3.8) is 0 Å². The molecule has 1 fully saturated rings. The zero-order chi connectivity index (χ0) is 14.6. The average Bonchev–Trinajstić information content (AvgIpc) is 2.71. The molecule has 4 nitrogen and oxygen atoms in total. The van der Waals surface area contributed by atoms with Crippen molar-refractivity contribution >= 4 is 6.09 Å². The molecule has 2 atom stereocenters. The summed E-state index contributed by atoms with van der Waals surface area (Å²) in [5, 5.41) is 9.86. The van der Waals surface area contributed by atoms with Crippen LogP contribution in [0.1, 0.15) is 60.3 Å². The lowest BCUT2D eigenvalue weighted by atomic mass is 9.99. The van der Waals surface area contributed by atoms with Gasteiger partial charge in [-0.15, -0.1) is 0 Å². The van der Waals surface area contributed by atoms with E-state index in [1.165, 1.54) is 0 Å². The molecule has 1 saturated heterocycles. The first-order valence-corrected chi connectivity index (χ1v) is 7.38. The Hall–Kier alpha value is -0.770. The molecule has 0 aromatic heterocycles. The quantitative estimate of drug-likeness (QED) is 0.854. The Morgan fingerprint density at radius 3 is 2.58 bits per heavy atom. The molecule has 1 amide bonds. The molecule has 0 radical (unpaired) electrons. The predicted molar refractivity (Wildman–Crippen MR) is 76.0 cm³/mol. The van der Waals surface area contributed by atoms with Gasteiger partial charge in [0.1, 0.15) is 5.60 Å². The molecule has 19 heavy (non-hydrogen) atoms. The molecular weight excluding hydrogens is 242 g/mol. The van der Waals surface area contributed by atoms with E-state index in [9.17, 15) is 9.90 Å². The second-order valence-electron chi connectivity index (χ2n) is 6.86. The molecule has 0 saturated carbocycles. The first-order valence-electron chi connectivity index (χ1n) is 7.38. The van der Waals surface area contributed by atoms with Gasteiger partial charge in [0.2, 0.25) is 0 Å². The summed E-state index contributed by atoms with van der Waals surface area (Å²) in [6.45, 7) is 10.5. The van der Waals surface area contributed by atoms with Crippen molar-refractivity contribution in [2.24, 2.45) is 5.92 Å². The number of carbonyl (C=O) groups is 1. The first-order chi connectivity index (χ1) is 8.70. The van der Waals surface area contributed by atoms with E-state index in [1.807, 2.05) is 39.5 Å². The Bertz CT molecular complexity index is 296. The van der Waals surface area contributed by atoms with Crippen molar-refractivity contribution in [2.45, 2.75) is 78.0 Å². The van der Waals surface area contributed by atoms with E-state index < -0.39 is 5.60 Å². The van der Waals surface area contributed by atoms with E-state index in [1.54, 1.807) is 0 Å². The highest BCUT2D eigenvalue weighted by Gasteiger charge is 2.32. The summed E-state index contributed by atoms with van der Waals surface area (Å²) < 4.78 is 5.43. The van der Waals surface area contributed by atoms with Crippen molar-refractivity contribution in [1.29, 1.82) is 0 Å². The van der Waals surface area contributed by atoms with Crippen molar-refractivity contribution in [3.8, 4) is 0 Å². The highest BCUT2D eigenvalue weighted by molar-refractivity contribution is 5.68. The number of rotatable bonds is 4. The first kappa shape index (κ1) is 16.3. The van der Waals surface area contributed by atoms with Gasteiger partial charge in [0.15, 0.2) is 0 Å². The van der Waals surface area contributed by atoms with Crippen molar-refractivity contribution < 1.29 is 14.6 Å². The van der Waals surface area contributed by atoms with Gasteiger partial charge in [-0.1, -0.05) is 13.8 Å². The average molecular weight is 271 g/mol. The SMILES string of the molecule is CC(C)[C@H](O)CC[C@@H]1CCCN1C(=O)OC(C)(C)C. The van der Waals surface area contributed by atoms with Gasteiger partial charge in [-0.25, -0.2) is 4.79 Å². The van der Waals surface area contributed by atoms with Crippen LogP contribution >= 0.6 is 0 Å². The Balaban J connectivity index is 2.47. The molecule has 0 unspecified atom stereocenters. The number of amides is 1. The lowest BCUT2D eigenvalue weighted by Crippen LogP contribution is -2.40. The number of aliphatic hydroxyl groups is 1. The van der Waals surface area contributed by atoms with E-state index in [0.717, 1.165) is 32.2 Å². The molecule has 1 aliphatic heterocycles. The van der Waals surface area contributed by atoms with Gasteiger partial charge >= 0.3 is 6.09 Å². The van der Waals surface area contributed by atoms with Gasteiger partial charge in [-0.2, -0.15) is 0 Å². The second kappa shape index (κ2) is 6.60. The van der Waals surface area contributed by atoms with E-state index in [0.29, 0.717) is 0 Å². The Morgan fingerprint density at radius 1 is 1.42 bits per heavy atom. The van der Waals surface area contributed by atoms with Crippen LogP contribution in [0.5, 0.6) is 0 Å². The van der Waals surface area contributed by atoms with Gasteiger partial charge in [0, 0.05) is 12.6 Å². The van der Waals surface area contributed by atoms with Gasteiger partial charge in [-0.3, -0.25) is 0 Å². The van der Waals surface area contributed by atoms with Crippen LogP contribution in [0.3, 0.4) is 0 Å². The number of ether oxygens (including phenoxy) is 1. The fourth-order valence-corrected chi connectivity index (χ4v) is 2.39. The van der Waals surface area contributed by atoms with Gasteiger partial charge in [-0.05, 0) is 52.4 Å². The molecule has 0 aromatic carbocycles. The largest absolute Gasteiger partial charge is 0.444 e. The number of carbonyl (C=O) groups excluding carboxylic acids is 1. The third-order valence-electron chi connectivity index (χ3n) is 3.57. The maximum atomic E-state index is 12.1. The highest BCUT2D eigenvalue weighted by Crippen LogP contribution is 2.25. The molecule has 1 aliphatic rings. The second-order valence-corrected chi connectivity index (χ2v) is 6.86. The van der Waals surface area contributed by atoms with E-state index in [-0.39, 0.29) is 24.2 Å². The maximum Gasteiger partial charge on any atom is 0.410 e. The number of hydrogen-bond acceptors (Lipinski definition) is 3. The smallest absolute Gasteiger partial charge is 0.410 e. The lowest BCUT2D eigenvalue weighted by Gasteiger charge is -2.29. The summed E-state index contributed by atoms with van der Waals surface area (Å²) in [5.41, 5.74) is -0.443. The maximum absolute atomic E-state index is 12.1. The van der Waals surface area contributed by atoms with Crippen LogP contribution in [0.15, 0.2) is 0 Å². The predicted octanol–water partition coefficient (Wildman–Crippen LogP) is 3.18. The summed E-state index contributed by atoms with van der Waals surface area (Å²) >= 11 is 0. The van der Waals surface area contributed by atoms with Crippen LogP contribution in [-0.4, -0.2) is 40.4 Å². The van der Waals surface area contributed by atoms with Crippen molar-refractivity contribution in [2.75, 3.05) is 6.54 Å². The molecule has 0 bridgehead atoms. The fourth-order valence-electron chi connectivity index (χ4n) is 2.39. The van der Waals surface area contributed by atoms with Gasteiger partial charge < -0.3 is 14.7 Å². The molecule has 1 rings (SSSR count). The zero-order valence-corrected chi connectivity index (χ0v) is 13.0. The van der Waals surface area contributed by atoms with Gasteiger partial charge in [0.05, 0.1) is 6.10 Å². The summed E-state index contributed by atoms with van der Waals surface area (Å²) in [6.07, 6.45) is 3.17. The molecule has 1 heterocycles.